The van der Waals surface area contributed by atoms with Crippen molar-refractivity contribution < 1.29 is 14.1 Å². The van der Waals surface area contributed by atoms with Gasteiger partial charge in [-0.25, -0.2) is 0 Å². The van der Waals surface area contributed by atoms with E-state index in [4.69, 9.17) is 9.26 Å². The van der Waals surface area contributed by atoms with E-state index < -0.39 is 0 Å². The summed E-state index contributed by atoms with van der Waals surface area (Å²) in [6, 6.07) is 18.2. The fourth-order valence-corrected chi connectivity index (χ4v) is 4.19. The number of ether oxygens (including phenoxy) is 1. The third kappa shape index (κ3) is 5.91. The van der Waals surface area contributed by atoms with Gasteiger partial charge in [0.15, 0.2) is 5.16 Å². The predicted octanol–water partition coefficient (Wildman–Crippen LogP) is 4.90. The van der Waals surface area contributed by atoms with Gasteiger partial charge in [-0.05, 0) is 24.0 Å². The molecule has 9 heteroatoms. The summed E-state index contributed by atoms with van der Waals surface area (Å²) in [5.74, 6) is 2.18. The molecule has 0 bridgehead atoms. The number of benzene rings is 2. The van der Waals surface area contributed by atoms with Gasteiger partial charge in [-0.2, -0.15) is 4.98 Å². The summed E-state index contributed by atoms with van der Waals surface area (Å²) < 4.78 is 12.5. The molecule has 0 aliphatic carbocycles. The van der Waals surface area contributed by atoms with Crippen LogP contribution in [0.4, 0.5) is 0 Å². The first-order chi connectivity index (χ1) is 16.5. The number of carbonyl (C=O) groups excluding carboxylic acids is 1. The van der Waals surface area contributed by atoms with Crippen LogP contribution in [0.15, 0.2) is 64.3 Å². The highest BCUT2D eigenvalue weighted by atomic mass is 32.2. The minimum atomic E-state index is -0.328. The Bertz CT molecular complexity index is 1220. The molecule has 2 aromatic carbocycles. The van der Waals surface area contributed by atoms with E-state index in [9.17, 15) is 4.79 Å². The van der Waals surface area contributed by atoms with Crippen molar-refractivity contribution in [2.45, 2.75) is 50.6 Å². The van der Waals surface area contributed by atoms with Crippen molar-refractivity contribution in [1.29, 1.82) is 0 Å². The summed E-state index contributed by atoms with van der Waals surface area (Å²) in [4.78, 5) is 16.6. The fraction of sp³-hybridized carbons (Fsp3) is 0.320. The maximum atomic E-state index is 12.1. The van der Waals surface area contributed by atoms with Crippen molar-refractivity contribution >= 4 is 17.7 Å². The maximum absolute atomic E-state index is 12.1. The van der Waals surface area contributed by atoms with Crippen molar-refractivity contribution in [2.24, 2.45) is 0 Å². The molecule has 0 aliphatic heterocycles. The van der Waals surface area contributed by atoms with Crippen molar-refractivity contribution in [3.8, 4) is 11.4 Å². The summed E-state index contributed by atoms with van der Waals surface area (Å²) in [6.07, 6.45) is 0.0608. The highest BCUT2D eigenvalue weighted by Gasteiger charge is 2.18. The summed E-state index contributed by atoms with van der Waals surface area (Å²) in [5.41, 5.74) is 3.26. The van der Waals surface area contributed by atoms with E-state index in [1.54, 1.807) is 6.92 Å². The molecule has 4 aromatic rings. The van der Waals surface area contributed by atoms with E-state index in [0.717, 1.165) is 11.1 Å². The summed E-state index contributed by atoms with van der Waals surface area (Å²) in [7, 11) is 0. The monoisotopic (exact) mass is 477 g/mol. The molecular formula is C25H27N5O3S. The highest BCUT2D eigenvalue weighted by molar-refractivity contribution is 7.98. The minimum absolute atomic E-state index is 0.0608. The second kappa shape index (κ2) is 11.1. The smallest absolute Gasteiger partial charge is 0.313 e. The lowest BCUT2D eigenvalue weighted by Crippen LogP contribution is -2.14. The Hall–Kier alpha value is -3.46. The van der Waals surface area contributed by atoms with Gasteiger partial charge >= 0.3 is 5.97 Å². The molecule has 0 N–H and O–H groups in total. The highest BCUT2D eigenvalue weighted by Crippen LogP contribution is 2.25. The van der Waals surface area contributed by atoms with E-state index in [1.807, 2.05) is 47.0 Å². The molecule has 4 rings (SSSR count). The van der Waals surface area contributed by atoms with Gasteiger partial charge in [0.2, 0.25) is 11.7 Å². The van der Waals surface area contributed by atoms with E-state index >= 15 is 0 Å². The van der Waals surface area contributed by atoms with Crippen molar-refractivity contribution in [2.75, 3.05) is 6.61 Å². The summed E-state index contributed by atoms with van der Waals surface area (Å²) in [5, 5.41) is 13.4. The molecular weight excluding hydrogens is 450 g/mol. The zero-order valence-electron chi connectivity index (χ0n) is 19.5. The molecule has 0 radical (unpaired) electrons. The SMILES string of the molecule is CCOC(=O)Cc1nnc(SCc2nc(-c3ccc(C(C)C)cc3)no2)n1Cc1ccccc1. The van der Waals surface area contributed by atoms with E-state index in [0.29, 0.717) is 47.5 Å². The van der Waals surface area contributed by atoms with E-state index in [-0.39, 0.29) is 12.4 Å². The molecule has 8 nitrogen and oxygen atoms in total. The second-order valence-electron chi connectivity index (χ2n) is 8.03. The standard InChI is InChI=1S/C25H27N5O3S/c1-4-32-23(31)14-21-27-28-25(30(21)15-18-8-6-5-7-9-18)34-16-22-26-24(29-33-22)20-12-10-19(11-13-20)17(2)3/h5-13,17H,4,14-16H2,1-3H3. The second-order valence-corrected chi connectivity index (χ2v) is 8.97. The van der Waals surface area contributed by atoms with Crippen LogP contribution in [0.3, 0.4) is 0 Å². The quantitative estimate of drug-likeness (QED) is 0.235. The van der Waals surface area contributed by atoms with Gasteiger partial charge in [0.05, 0.1) is 18.9 Å². The molecule has 0 spiro atoms. The van der Waals surface area contributed by atoms with Crippen LogP contribution in [-0.4, -0.2) is 37.5 Å². The topological polar surface area (TPSA) is 95.9 Å². The number of carbonyl (C=O) groups is 1. The van der Waals surface area contributed by atoms with Gasteiger partial charge in [0.25, 0.3) is 0 Å². The zero-order chi connectivity index (χ0) is 23.9. The lowest BCUT2D eigenvalue weighted by Gasteiger charge is -2.09. The van der Waals surface area contributed by atoms with Crippen LogP contribution in [0.1, 0.15) is 49.5 Å². The summed E-state index contributed by atoms with van der Waals surface area (Å²) >= 11 is 1.44. The number of nitrogens with zero attached hydrogens (tertiary/aromatic N) is 5. The first-order valence-corrected chi connectivity index (χ1v) is 12.2. The minimum Gasteiger partial charge on any atom is -0.466 e. The van der Waals surface area contributed by atoms with Crippen molar-refractivity contribution in [3.05, 3.63) is 77.4 Å². The Balaban J connectivity index is 1.49. The number of rotatable bonds is 10. The lowest BCUT2D eigenvalue weighted by atomic mass is 10.0. The van der Waals surface area contributed by atoms with Crippen LogP contribution >= 0.6 is 11.8 Å². The largest absolute Gasteiger partial charge is 0.466 e. The van der Waals surface area contributed by atoms with Crippen molar-refractivity contribution in [1.82, 2.24) is 24.9 Å². The Morgan fingerprint density at radius 3 is 2.56 bits per heavy atom. The van der Waals surface area contributed by atoms with E-state index in [2.05, 4.69) is 46.3 Å². The first-order valence-electron chi connectivity index (χ1n) is 11.2. The fourth-order valence-electron chi connectivity index (χ4n) is 3.40. The van der Waals surface area contributed by atoms with Crippen LogP contribution in [0.5, 0.6) is 0 Å². The average Bonchev–Trinajstić information content (AvgIpc) is 3.46. The molecule has 0 amide bonds. The molecule has 0 unspecified atom stereocenters. The Kier molecular flexibility index (Phi) is 7.74. The Morgan fingerprint density at radius 2 is 1.85 bits per heavy atom. The Morgan fingerprint density at radius 1 is 1.09 bits per heavy atom. The number of hydrogen-bond donors (Lipinski definition) is 0. The normalized spacial score (nSPS) is 11.2. The lowest BCUT2D eigenvalue weighted by molar-refractivity contribution is -0.142. The van der Waals surface area contributed by atoms with Crippen molar-refractivity contribution in [3.63, 3.8) is 0 Å². The number of thioether (sulfide) groups is 1. The first kappa shape index (κ1) is 23.7. The van der Waals surface area contributed by atoms with Crippen LogP contribution in [-0.2, 0) is 28.2 Å². The molecule has 34 heavy (non-hydrogen) atoms. The number of esters is 1. The molecule has 176 valence electrons. The van der Waals surface area contributed by atoms with Crippen LogP contribution in [0, 0.1) is 0 Å². The molecule has 2 aromatic heterocycles. The van der Waals surface area contributed by atoms with E-state index in [1.165, 1.54) is 17.3 Å². The van der Waals surface area contributed by atoms with Crippen LogP contribution < -0.4 is 0 Å². The number of hydrogen-bond acceptors (Lipinski definition) is 8. The molecule has 0 saturated heterocycles. The zero-order valence-corrected chi connectivity index (χ0v) is 20.3. The van der Waals surface area contributed by atoms with Gasteiger partial charge in [-0.3, -0.25) is 4.79 Å². The molecule has 2 heterocycles. The third-order valence-electron chi connectivity index (χ3n) is 5.21. The van der Waals surface area contributed by atoms with Gasteiger partial charge in [-0.1, -0.05) is 85.4 Å². The predicted molar refractivity (Wildman–Crippen MR) is 129 cm³/mol. The average molecular weight is 478 g/mol. The van der Waals surface area contributed by atoms with Gasteiger partial charge < -0.3 is 13.8 Å². The maximum Gasteiger partial charge on any atom is 0.313 e. The number of aromatic nitrogens is 5. The van der Waals surface area contributed by atoms with Crippen LogP contribution in [0.2, 0.25) is 0 Å². The van der Waals surface area contributed by atoms with Gasteiger partial charge in [0.1, 0.15) is 12.2 Å². The van der Waals surface area contributed by atoms with Gasteiger partial charge in [-0.15, -0.1) is 10.2 Å². The van der Waals surface area contributed by atoms with Crippen LogP contribution in [0.25, 0.3) is 11.4 Å². The molecule has 0 saturated carbocycles. The molecule has 0 fully saturated rings. The van der Waals surface area contributed by atoms with Gasteiger partial charge in [0, 0.05) is 5.56 Å². The summed E-state index contributed by atoms with van der Waals surface area (Å²) in [6.45, 7) is 6.97. The third-order valence-corrected chi connectivity index (χ3v) is 6.16. The molecule has 0 atom stereocenters. The molecule has 0 aliphatic rings. The Labute approximate surface area is 202 Å².